The van der Waals surface area contributed by atoms with E-state index < -0.39 is 0 Å². The van der Waals surface area contributed by atoms with E-state index in [1.165, 1.54) is 53.9 Å². The van der Waals surface area contributed by atoms with E-state index in [1.54, 1.807) is 7.11 Å². The van der Waals surface area contributed by atoms with Crippen LogP contribution in [0.1, 0.15) is 37.3 Å². The minimum atomic E-state index is 0.577. The van der Waals surface area contributed by atoms with E-state index in [0.29, 0.717) is 13.2 Å². The third-order valence-electron chi connectivity index (χ3n) is 8.21. The van der Waals surface area contributed by atoms with Gasteiger partial charge in [-0.05, 0) is 98.6 Å². The summed E-state index contributed by atoms with van der Waals surface area (Å²) in [5.41, 5.74) is 6.42. The van der Waals surface area contributed by atoms with Gasteiger partial charge >= 0.3 is 0 Å². The molecule has 2 saturated heterocycles. The molecule has 2 aromatic carbocycles. The SMILES string of the molecule is COCCCN1CCN(c2ccc(C)c(-c3cc(OCCOCCN4CCC(C)CC4)ccc3C)c2)CC1. The van der Waals surface area contributed by atoms with Crippen molar-refractivity contribution in [2.45, 2.75) is 40.0 Å². The molecule has 0 amide bonds. The van der Waals surface area contributed by atoms with Crippen LogP contribution in [-0.2, 0) is 9.47 Å². The average Bonchev–Trinajstić information content (AvgIpc) is 2.93. The van der Waals surface area contributed by atoms with Crippen molar-refractivity contribution in [3.63, 3.8) is 0 Å². The Morgan fingerprint density at radius 3 is 2.16 bits per heavy atom. The maximum atomic E-state index is 6.10. The number of benzene rings is 2. The minimum Gasteiger partial charge on any atom is -0.491 e. The first-order chi connectivity index (χ1) is 18.5. The first-order valence-corrected chi connectivity index (χ1v) is 14.6. The van der Waals surface area contributed by atoms with Crippen LogP contribution >= 0.6 is 0 Å². The van der Waals surface area contributed by atoms with Crippen molar-refractivity contribution in [1.82, 2.24) is 9.80 Å². The predicted octanol–water partition coefficient (Wildman–Crippen LogP) is 5.26. The summed E-state index contributed by atoms with van der Waals surface area (Å²) in [6, 6.07) is 13.4. The van der Waals surface area contributed by atoms with Crippen LogP contribution < -0.4 is 9.64 Å². The van der Waals surface area contributed by atoms with E-state index in [0.717, 1.165) is 70.6 Å². The Hall–Kier alpha value is -2.12. The van der Waals surface area contributed by atoms with Gasteiger partial charge in [0.15, 0.2) is 0 Å². The lowest BCUT2D eigenvalue weighted by atomic mass is 9.95. The molecule has 38 heavy (non-hydrogen) atoms. The molecule has 2 aromatic rings. The van der Waals surface area contributed by atoms with Gasteiger partial charge in [-0.15, -0.1) is 0 Å². The van der Waals surface area contributed by atoms with Gasteiger partial charge in [0.2, 0.25) is 0 Å². The van der Waals surface area contributed by atoms with Gasteiger partial charge in [-0.1, -0.05) is 19.1 Å². The zero-order valence-corrected chi connectivity index (χ0v) is 24.2. The molecule has 0 radical (unpaired) electrons. The van der Waals surface area contributed by atoms with E-state index in [4.69, 9.17) is 14.2 Å². The summed E-state index contributed by atoms with van der Waals surface area (Å²) in [5, 5.41) is 0. The Morgan fingerprint density at radius 1 is 0.737 bits per heavy atom. The molecule has 0 aliphatic carbocycles. The monoisotopic (exact) mass is 523 g/mol. The molecule has 0 spiro atoms. The van der Waals surface area contributed by atoms with E-state index in [2.05, 4.69) is 71.9 Å². The van der Waals surface area contributed by atoms with Crippen LogP contribution in [0.4, 0.5) is 5.69 Å². The number of rotatable bonds is 13. The maximum Gasteiger partial charge on any atom is 0.120 e. The predicted molar refractivity (Wildman–Crippen MR) is 158 cm³/mol. The van der Waals surface area contributed by atoms with Crippen LogP contribution in [0.25, 0.3) is 11.1 Å². The zero-order valence-electron chi connectivity index (χ0n) is 24.2. The first-order valence-electron chi connectivity index (χ1n) is 14.6. The molecule has 0 saturated carbocycles. The Labute approximate surface area is 230 Å². The second-order valence-corrected chi connectivity index (χ2v) is 11.1. The van der Waals surface area contributed by atoms with Gasteiger partial charge in [-0.3, -0.25) is 4.90 Å². The fraction of sp³-hybridized carbons (Fsp3) is 0.625. The van der Waals surface area contributed by atoms with Gasteiger partial charge in [0, 0.05) is 58.7 Å². The molecular formula is C32H49N3O3. The normalized spacial score (nSPS) is 17.7. The molecule has 0 unspecified atom stereocenters. The van der Waals surface area contributed by atoms with Crippen LogP contribution in [0, 0.1) is 19.8 Å². The highest BCUT2D eigenvalue weighted by molar-refractivity contribution is 5.75. The largest absolute Gasteiger partial charge is 0.491 e. The number of hydrogen-bond acceptors (Lipinski definition) is 6. The molecule has 6 nitrogen and oxygen atoms in total. The van der Waals surface area contributed by atoms with Crippen molar-refractivity contribution in [1.29, 1.82) is 0 Å². The average molecular weight is 524 g/mol. The van der Waals surface area contributed by atoms with Crippen molar-refractivity contribution in [2.75, 3.05) is 90.8 Å². The Bertz CT molecular complexity index is 982. The molecule has 210 valence electrons. The first kappa shape index (κ1) is 28.9. The molecule has 0 bridgehead atoms. The molecule has 2 aliphatic rings. The number of piperidine rings is 1. The fourth-order valence-electron chi connectivity index (χ4n) is 5.54. The highest BCUT2D eigenvalue weighted by Crippen LogP contribution is 2.33. The minimum absolute atomic E-state index is 0.577. The van der Waals surface area contributed by atoms with E-state index in [9.17, 15) is 0 Å². The lowest BCUT2D eigenvalue weighted by molar-refractivity contribution is 0.0709. The van der Waals surface area contributed by atoms with E-state index >= 15 is 0 Å². The number of likely N-dealkylation sites (tertiary alicyclic amines) is 1. The smallest absolute Gasteiger partial charge is 0.120 e. The van der Waals surface area contributed by atoms with E-state index in [1.807, 2.05) is 0 Å². The quantitative estimate of drug-likeness (QED) is 0.334. The van der Waals surface area contributed by atoms with Crippen molar-refractivity contribution in [2.24, 2.45) is 5.92 Å². The van der Waals surface area contributed by atoms with Gasteiger partial charge in [0.1, 0.15) is 12.4 Å². The topological polar surface area (TPSA) is 37.4 Å². The third-order valence-corrected chi connectivity index (χ3v) is 8.21. The van der Waals surface area contributed by atoms with Crippen LogP contribution in [0.5, 0.6) is 5.75 Å². The zero-order chi connectivity index (χ0) is 26.7. The summed E-state index contributed by atoms with van der Waals surface area (Å²) in [4.78, 5) is 7.59. The summed E-state index contributed by atoms with van der Waals surface area (Å²) in [7, 11) is 1.78. The van der Waals surface area contributed by atoms with Gasteiger partial charge in [-0.2, -0.15) is 0 Å². The molecule has 2 fully saturated rings. The summed E-state index contributed by atoms with van der Waals surface area (Å²) >= 11 is 0. The van der Waals surface area contributed by atoms with Gasteiger partial charge in [0.25, 0.3) is 0 Å². The molecule has 0 aromatic heterocycles. The second kappa shape index (κ2) is 14.9. The number of piperazine rings is 1. The molecule has 2 aliphatic heterocycles. The van der Waals surface area contributed by atoms with Gasteiger partial charge in [-0.25, -0.2) is 0 Å². The molecule has 0 N–H and O–H groups in total. The number of nitrogens with zero attached hydrogens (tertiary/aromatic N) is 3. The molecular weight excluding hydrogens is 474 g/mol. The Balaban J connectivity index is 1.28. The highest BCUT2D eigenvalue weighted by Gasteiger charge is 2.18. The summed E-state index contributed by atoms with van der Waals surface area (Å²) in [6.07, 6.45) is 3.73. The number of ether oxygens (including phenoxy) is 3. The van der Waals surface area contributed by atoms with Crippen LogP contribution in [-0.4, -0.2) is 95.7 Å². The molecule has 0 atom stereocenters. The fourth-order valence-corrected chi connectivity index (χ4v) is 5.54. The molecule has 4 rings (SSSR count). The molecule has 6 heteroatoms. The van der Waals surface area contributed by atoms with Crippen LogP contribution in [0.3, 0.4) is 0 Å². The number of aryl methyl sites for hydroxylation is 2. The number of methoxy groups -OCH3 is 1. The maximum absolute atomic E-state index is 6.10. The van der Waals surface area contributed by atoms with Crippen molar-refractivity contribution in [3.8, 4) is 16.9 Å². The van der Waals surface area contributed by atoms with Gasteiger partial charge in [0.05, 0.1) is 13.2 Å². The lowest BCUT2D eigenvalue weighted by Gasteiger charge is -2.36. The number of anilines is 1. The van der Waals surface area contributed by atoms with Gasteiger partial charge < -0.3 is 24.0 Å². The Morgan fingerprint density at radius 2 is 1.42 bits per heavy atom. The Kier molecular flexibility index (Phi) is 11.3. The second-order valence-electron chi connectivity index (χ2n) is 11.1. The molecule has 2 heterocycles. The third kappa shape index (κ3) is 8.44. The standard InChI is InChI=1S/C32H49N3O3/c1-26-10-13-34(14-11-26)19-21-37-22-23-38-30-9-7-28(3)32(25-30)31-24-29(8-6-27(31)2)35-17-15-33(16-18-35)12-5-20-36-4/h6-9,24-26H,5,10-23H2,1-4H3. The van der Waals surface area contributed by atoms with Crippen LogP contribution in [0.15, 0.2) is 36.4 Å². The summed E-state index contributed by atoms with van der Waals surface area (Å²) in [6.45, 7) is 18.5. The summed E-state index contributed by atoms with van der Waals surface area (Å²) < 4.78 is 17.2. The van der Waals surface area contributed by atoms with Crippen LogP contribution in [0.2, 0.25) is 0 Å². The van der Waals surface area contributed by atoms with Crippen molar-refractivity contribution >= 4 is 5.69 Å². The van der Waals surface area contributed by atoms with E-state index in [-0.39, 0.29) is 0 Å². The lowest BCUT2D eigenvalue weighted by Crippen LogP contribution is -2.46. The summed E-state index contributed by atoms with van der Waals surface area (Å²) in [5.74, 6) is 1.78. The van der Waals surface area contributed by atoms with Crippen molar-refractivity contribution in [3.05, 3.63) is 47.5 Å². The highest BCUT2D eigenvalue weighted by atomic mass is 16.5. The van der Waals surface area contributed by atoms with Crippen molar-refractivity contribution < 1.29 is 14.2 Å². The number of hydrogen-bond donors (Lipinski definition) is 0.